The zero-order valence-electron chi connectivity index (χ0n) is 20.1. The summed E-state index contributed by atoms with van der Waals surface area (Å²) in [5, 5.41) is 0. The van der Waals surface area contributed by atoms with Crippen LogP contribution in [-0.4, -0.2) is 26.4 Å². The summed E-state index contributed by atoms with van der Waals surface area (Å²) in [5.41, 5.74) is 6.71. The van der Waals surface area contributed by atoms with Crippen LogP contribution in [0.2, 0.25) is 0 Å². The highest BCUT2D eigenvalue weighted by Crippen LogP contribution is 2.57. The van der Waals surface area contributed by atoms with Gasteiger partial charge in [0.25, 0.3) is 0 Å². The van der Waals surface area contributed by atoms with E-state index in [4.69, 9.17) is 27.1 Å². The molecule has 6 rings (SSSR count). The number of benzene rings is 2. The molecule has 4 heterocycles. The molecule has 0 aromatic heterocycles. The van der Waals surface area contributed by atoms with Crippen LogP contribution in [0, 0.1) is 39.0 Å². The summed E-state index contributed by atoms with van der Waals surface area (Å²) < 4.78 is 36.4. The van der Waals surface area contributed by atoms with Crippen molar-refractivity contribution in [3.8, 4) is 11.5 Å². The van der Waals surface area contributed by atoms with E-state index in [9.17, 15) is 0 Å². The molecule has 2 aromatic carbocycles. The molecule has 0 amide bonds. The van der Waals surface area contributed by atoms with Crippen LogP contribution < -0.4 is 9.05 Å². The Labute approximate surface area is 198 Å². The predicted octanol–water partition coefficient (Wildman–Crippen LogP) is 7.01. The quantitative estimate of drug-likeness (QED) is 0.430. The van der Waals surface area contributed by atoms with E-state index in [1.807, 2.05) is 0 Å². The Morgan fingerprint density at radius 1 is 0.848 bits per heavy atom. The average Bonchev–Trinajstić information content (AvgIpc) is 2.76. The third-order valence-electron chi connectivity index (χ3n) is 6.47. The monoisotopic (exact) mass is 490 g/mol. The van der Waals surface area contributed by atoms with Gasteiger partial charge >= 0.3 is 17.2 Å². The number of fused-ring (bicyclic) bond motifs is 5. The number of aryl methyl sites for hydroxylation is 4. The topological polar surface area (TPSA) is 55.4 Å². The van der Waals surface area contributed by atoms with Crippen molar-refractivity contribution in [2.75, 3.05) is 26.4 Å². The summed E-state index contributed by atoms with van der Waals surface area (Å²) in [6.45, 7) is 15.1. The number of hydrogen-bond donors (Lipinski definition) is 0. The molecule has 3 saturated heterocycles. The van der Waals surface area contributed by atoms with E-state index < -0.39 is 17.2 Å². The molecule has 0 radical (unpaired) electrons. The van der Waals surface area contributed by atoms with E-state index in [1.54, 1.807) is 0 Å². The predicted molar refractivity (Wildman–Crippen MR) is 130 cm³/mol. The molecule has 0 N–H and O–H groups in total. The Morgan fingerprint density at radius 3 is 1.79 bits per heavy atom. The van der Waals surface area contributed by atoms with E-state index in [2.05, 4.69) is 65.8 Å². The van der Waals surface area contributed by atoms with Gasteiger partial charge in [-0.15, -0.1) is 0 Å². The smallest absolute Gasteiger partial charge is 0.417 e. The second-order valence-corrected chi connectivity index (χ2v) is 12.2. The van der Waals surface area contributed by atoms with Gasteiger partial charge in [0.2, 0.25) is 0 Å². The highest BCUT2D eigenvalue weighted by molar-refractivity contribution is 7.42. The van der Waals surface area contributed by atoms with Gasteiger partial charge in [0, 0.05) is 17.0 Å². The second-order valence-electron chi connectivity index (χ2n) is 9.95. The molecular weight excluding hydrogens is 458 g/mol. The Kier molecular flexibility index (Phi) is 6.46. The van der Waals surface area contributed by atoms with Crippen molar-refractivity contribution in [2.45, 2.75) is 47.5 Å². The van der Waals surface area contributed by atoms with Crippen molar-refractivity contribution in [1.82, 2.24) is 0 Å². The lowest BCUT2D eigenvalue weighted by Crippen LogP contribution is -2.46. The van der Waals surface area contributed by atoms with Crippen LogP contribution in [-0.2, 0) is 18.1 Å². The molecule has 0 aliphatic carbocycles. The first kappa shape index (κ1) is 23.5. The molecule has 8 heteroatoms. The summed E-state index contributed by atoms with van der Waals surface area (Å²) in [6.07, 6.45) is 0. The van der Waals surface area contributed by atoms with Crippen LogP contribution in [0.1, 0.15) is 53.1 Å². The van der Waals surface area contributed by atoms with Gasteiger partial charge in [-0.3, -0.25) is 4.52 Å². The summed E-state index contributed by atoms with van der Waals surface area (Å²) in [6, 6.07) is 8.83. The molecule has 2 aromatic rings. The third-order valence-corrected chi connectivity index (χ3v) is 8.49. The van der Waals surface area contributed by atoms with Crippen molar-refractivity contribution in [3.05, 3.63) is 57.6 Å². The normalized spacial score (nSPS) is 28.4. The Bertz CT molecular complexity index is 972. The number of hydrogen-bond acceptors (Lipinski definition) is 6. The zero-order chi connectivity index (χ0) is 23.3. The maximum absolute atomic E-state index is 6.54. The van der Waals surface area contributed by atoms with Crippen molar-refractivity contribution < 1.29 is 27.1 Å². The van der Waals surface area contributed by atoms with Crippen molar-refractivity contribution in [2.24, 2.45) is 11.3 Å². The Morgan fingerprint density at radius 2 is 1.33 bits per heavy atom. The molecule has 4 aliphatic heterocycles. The highest BCUT2D eigenvalue weighted by atomic mass is 31.2. The third kappa shape index (κ3) is 4.55. The van der Waals surface area contributed by atoms with Crippen molar-refractivity contribution in [1.29, 1.82) is 0 Å². The largest absolute Gasteiger partial charge is 0.463 e. The molecule has 0 unspecified atom stereocenters. The van der Waals surface area contributed by atoms with Gasteiger partial charge in [-0.25, -0.2) is 0 Å². The fourth-order valence-electron chi connectivity index (χ4n) is 4.91. The van der Waals surface area contributed by atoms with Gasteiger partial charge in [0.1, 0.15) is 11.5 Å². The lowest BCUT2D eigenvalue weighted by atomic mass is 9.79. The fourth-order valence-corrected chi connectivity index (χ4v) is 7.59. The minimum Gasteiger partial charge on any atom is -0.417 e. The Balaban J connectivity index is 1.55. The molecule has 2 bridgehead atoms. The van der Waals surface area contributed by atoms with Gasteiger partial charge in [0.15, 0.2) is 0 Å². The Hall–Kier alpha value is -1.26. The zero-order valence-corrected chi connectivity index (χ0v) is 21.9. The molecule has 0 atom stereocenters. The molecule has 6 nitrogen and oxygen atoms in total. The van der Waals surface area contributed by atoms with E-state index in [-0.39, 0.29) is 11.3 Å². The van der Waals surface area contributed by atoms with E-state index in [0.717, 1.165) is 22.6 Å². The van der Waals surface area contributed by atoms with Crippen molar-refractivity contribution in [3.63, 3.8) is 0 Å². The van der Waals surface area contributed by atoms with Gasteiger partial charge in [-0.2, -0.15) is 0 Å². The molecule has 0 saturated carbocycles. The minimum absolute atomic E-state index is 0.161. The SMILES string of the molecule is Cc1cc(C)c2c(c1)C(C(C)C)c1cc(C)cc(C)c1OP(OCC13COP(OC1)OC3)O2. The highest BCUT2D eigenvalue weighted by Gasteiger charge is 2.46. The van der Waals surface area contributed by atoms with Gasteiger partial charge in [-0.05, 0) is 44.7 Å². The first-order chi connectivity index (χ1) is 15.7. The van der Waals surface area contributed by atoms with Crippen LogP contribution >= 0.6 is 17.2 Å². The molecule has 0 spiro atoms. The average molecular weight is 490 g/mol. The first-order valence-electron chi connectivity index (χ1n) is 11.4. The molecular formula is C25H32O6P2. The van der Waals surface area contributed by atoms with Crippen LogP contribution in [0.15, 0.2) is 24.3 Å². The van der Waals surface area contributed by atoms with Crippen LogP contribution in [0.25, 0.3) is 0 Å². The van der Waals surface area contributed by atoms with Crippen LogP contribution in [0.4, 0.5) is 0 Å². The fraction of sp³-hybridized carbons (Fsp3) is 0.520. The summed E-state index contributed by atoms with van der Waals surface area (Å²) in [7, 11) is -2.86. The molecule has 33 heavy (non-hydrogen) atoms. The van der Waals surface area contributed by atoms with Gasteiger partial charge < -0.3 is 22.6 Å². The van der Waals surface area contributed by atoms with Gasteiger partial charge in [0.05, 0.1) is 31.8 Å². The first-order valence-corrected chi connectivity index (χ1v) is 13.6. The molecule has 178 valence electrons. The van der Waals surface area contributed by atoms with E-state index >= 15 is 0 Å². The van der Waals surface area contributed by atoms with Gasteiger partial charge in [-0.1, -0.05) is 49.2 Å². The lowest BCUT2D eigenvalue weighted by molar-refractivity contribution is -0.0926. The van der Waals surface area contributed by atoms with E-state index in [0.29, 0.717) is 32.3 Å². The standard InChI is InChI=1S/C25H32O6P2/c1-15(2)22-20-9-16(3)7-18(5)23(20)30-33(31-24-19(6)8-17(4)10-21(22)24)29-14-25-11-26-32(27-12-25)28-13-25/h7-10,15,22H,11-14H2,1-6H3. The summed E-state index contributed by atoms with van der Waals surface area (Å²) in [5.74, 6) is 2.26. The van der Waals surface area contributed by atoms with Crippen LogP contribution in [0.5, 0.6) is 11.5 Å². The minimum atomic E-state index is -1.69. The summed E-state index contributed by atoms with van der Waals surface area (Å²) in [4.78, 5) is 0. The van der Waals surface area contributed by atoms with E-state index in [1.165, 1.54) is 22.3 Å². The van der Waals surface area contributed by atoms with Crippen LogP contribution in [0.3, 0.4) is 0 Å². The maximum atomic E-state index is 6.54. The molecule has 3 fully saturated rings. The lowest BCUT2D eigenvalue weighted by Gasteiger charge is -2.43. The molecule has 4 aliphatic rings. The second kappa shape index (κ2) is 9.07. The number of rotatable bonds is 4. The van der Waals surface area contributed by atoms with Crippen molar-refractivity contribution >= 4 is 17.2 Å². The maximum Gasteiger partial charge on any atom is 0.463 e. The summed E-state index contributed by atoms with van der Waals surface area (Å²) >= 11 is 0.